The second kappa shape index (κ2) is 6.95. The number of nitrogens with two attached hydrogens (primary N) is 1. The number of benzene rings is 1. The molecule has 1 heterocycles. The molecule has 0 aliphatic carbocycles. The second-order valence-corrected chi connectivity index (χ2v) is 4.95. The van der Waals surface area contributed by atoms with Crippen LogP contribution in [0.3, 0.4) is 0 Å². The number of amides is 1. The Bertz CT molecular complexity index is 627. The van der Waals surface area contributed by atoms with E-state index in [2.05, 4.69) is 15.3 Å². The van der Waals surface area contributed by atoms with E-state index in [9.17, 15) is 4.79 Å². The maximum absolute atomic E-state index is 11.9. The molecular formula is C16H20N4O. The molecule has 5 heteroatoms. The predicted molar refractivity (Wildman–Crippen MR) is 83.7 cm³/mol. The number of aryl methyl sites for hydroxylation is 1. The van der Waals surface area contributed by atoms with Gasteiger partial charge < -0.3 is 11.1 Å². The van der Waals surface area contributed by atoms with Gasteiger partial charge in [0, 0.05) is 17.4 Å². The lowest BCUT2D eigenvalue weighted by Gasteiger charge is -2.12. The number of carbonyl (C=O) groups excluding carboxylic acids is 1. The average molecular weight is 284 g/mol. The Labute approximate surface area is 124 Å². The fourth-order valence-electron chi connectivity index (χ4n) is 2.05. The fraction of sp³-hybridized carbons (Fsp3) is 0.312. The SMILES string of the molecule is CCCC(N)C(=O)Nc1cccc(-c2ccnc(C)n2)c1. The third-order valence-corrected chi connectivity index (χ3v) is 3.14. The summed E-state index contributed by atoms with van der Waals surface area (Å²) in [7, 11) is 0. The Morgan fingerprint density at radius 2 is 2.19 bits per heavy atom. The fourth-order valence-corrected chi connectivity index (χ4v) is 2.05. The van der Waals surface area contributed by atoms with Gasteiger partial charge in [-0.1, -0.05) is 25.5 Å². The summed E-state index contributed by atoms with van der Waals surface area (Å²) in [6, 6.07) is 8.93. The third kappa shape index (κ3) is 4.10. The summed E-state index contributed by atoms with van der Waals surface area (Å²) in [5.41, 5.74) is 8.30. The predicted octanol–water partition coefficient (Wildman–Crippen LogP) is 2.52. The molecule has 3 N–H and O–H groups in total. The molecule has 2 aromatic rings. The van der Waals surface area contributed by atoms with E-state index in [1.807, 2.05) is 44.2 Å². The average Bonchev–Trinajstić information content (AvgIpc) is 2.48. The van der Waals surface area contributed by atoms with Crippen molar-refractivity contribution in [2.45, 2.75) is 32.7 Å². The van der Waals surface area contributed by atoms with Gasteiger partial charge in [-0.2, -0.15) is 0 Å². The zero-order valence-electron chi connectivity index (χ0n) is 12.3. The van der Waals surface area contributed by atoms with Crippen LogP contribution in [0, 0.1) is 6.92 Å². The van der Waals surface area contributed by atoms with Crippen LogP contribution in [0.25, 0.3) is 11.3 Å². The van der Waals surface area contributed by atoms with Crippen molar-refractivity contribution in [2.75, 3.05) is 5.32 Å². The molecule has 0 saturated heterocycles. The number of hydrogen-bond acceptors (Lipinski definition) is 4. The lowest BCUT2D eigenvalue weighted by atomic mass is 10.1. The molecular weight excluding hydrogens is 264 g/mol. The monoisotopic (exact) mass is 284 g/mol. The van der Waals surface area contributed by atoms with Crippen molar-refractivity contribution in [3.05, 3.63) is 42.4 Å². The number of carbonyl (C=O) groups is 1. The first-order valence-corrected chi connectivity index (χ1v) is 7.06. The molecule has 21 heavy (non-hydrogen) atoms. The third-order valence-electron chi connectivity index (χ3n) is 3.14. The largest absolute Gasteiger partial charge is 0.325 e. The van der Waals surface area contributed by atoms with Crippen molar-refractivity contribution in [2.24, 2.45) is 5.73 Å². The summed E-state index contributed by atoms with van der Waals surface area (Å²) in [5, 5.41) is 2.84. The summed E-state index contributed by atoms with van der Waals surface area (Å²) < 4.78 is 0. The lowest BCUT2D eigenvalue weighted by Crippen LogP contribution is -2.35. The minimum Gasteiger partial charge on any atom is -0.325 e. The highest BCUT2D eigenvalue weighted by Gasteiger charge is 2.12. The minimum absolute atomic E-state index is 0.159. The van der Waals surface area contributed by atoms with Gasteiger partial charge in [-0.3, -0.25) is 4.79 Å². The van der Waals surface area contributed by atoms with Crippen molar-refractivity contribution < 1.29 is 4.79 Å². The quantitative estimate of drug-likeness (QED) is 0.884. The van der Waals surface area contributed by atoms with E-state index in [-0.39, 0.29) is 5.91 Å². The maximum atomic E-state index is 11.9. The van der Waals surface area contributed by atoms with E-state index in [1.165, 1.54) is 0 Å². The summed E-state index contributed by atoms with van der Waals surface area (Å²) in [6.45, 7) is 3.85. The van der Waals surface area contributed by atoms with Gasteiger partial charge in [-0.15, -0.1) is 0 Å². The molecule has 1 unspecified atom stereocenters. The molecule has 0 saturated carbocycles. The first kappa shape index (κ1) is 15.1. The molecule has 0 spiro atoms. The molecule has 1 amide bonds. The van der Waals surface area contributed by atoms with Gasteiger partial charge in [-0.05, 0) is 31.5 Å². The van der Waals surface area contributed by atoms with Gasteiger partial charge in [0.05, 0.1) is 11.7 Å². The van der Waals surface area contributed by atoms with E-state index >= 15 is 0 Å². The van der Waals surface area contributed by atoms with Crippen LogP contribution in [0.5, 0.6) is 0 Å². The van der Waals surface area contributed by atoms with Gasteiger partial charge >= 0.3 is 0 Å². The second-order valence-electron chi connectivity index (χ2n) is 4.95. The Morgan fingerprint density at radius 3 is 2.90 bits per heavy atom. The molecule has 1 atom stereocenters. The van der Waals surface area contributed by atoms with E-state index < -0.39 is 6.04 Å². The molecule has 0 aliphatic heterocycles. The van der Waals surface area contributed by atoms with Crippen LogP contribution < -0.4 is 11.1 Å². The molecule has 0 bridgehead atoms. The van der Waals surface area contributed by atoms with Crippen LogP contribution in [0.1, 0.15) is 25.6 Å². The molecule has 0 aliphatic rings. The maximum Gasteiger partial charge on any atom is 0.241 e. The van der Waals surface area contributed by atoms with Crippen molar-refractivity contribution >= 4 is 11.6 Å². The topological polar surface area (TPSA) is 80.9 Å². The van der Waals surface area contributed by atoms with Crippen LogP contribution in [0.15, 0.2) is 36.5 Å². The zero-order chi connectivity index (χ0) is 15.2. The highest BCUT2D eigenvalue weighted by molar-refractivity contribution is 5.95. The van der Waals surface area contributed by atoms with Crippen LogP contribution in [-0.4, -0.2) is 21.9 Å². The summed E-state index contributed by atoms with van der Waals surface area (Å²) in [4.78, 5) is 20.4. The standard InChI is InChI=1S/C16H20N4O/c1-3-5-14(17)16(21)20-13-7-4-6-12(10-13)15-8-9-18-11(2)19-15/h4,6-10,14H,3,5,17H2,1-2H3,(H,20,21). The molecule has 0 radical (unpaired) electrons. The Morgan fingerprint density at radius 1 is 1.38 bits per heavy atom. The molecule has 0 fully saturated rings. The van der Waals surface area contributed by atoms with Gasteiger partial charge in [0.1, 0.15) is 5.82 Å². The smallest absolute Gasteiger partial charge is 0.241 e. The van der Waals surface area contributed by atoms with Crippen LogP contribution in [0.2, 0.25) is 0 Å². The molecule has 1 aromatic heterocycles. The summed E-state index contributed by atoms with van der Waals surface area (Å²) in [6.07, 6.45) is 3.28. The van der Waals surface area contributed by atoms with Crippen molar-refractivity contribution in [3.8, 4) is 11.3 Å². The molecule has 2 rings (SSSR count). The van der Waals surface area contributed by atoms with Crippen molar-refractivity contribution in [1.82, 2.24) is 9.97 Å². The van der Waals surface area contributed by atoms with Crippen LogP contribution in [0.4, 0.5) is 5.69 Å². The van der Waals surface area contributed by atoms with E-state index in [0.29, 0.717) is 12.2 Å². The van der Waals surface area contributed by atoms with Crippen LogP contribution >= 0.6 is 0 Å². The molecule has 110 valence electrons. The molecule has 5 nitrogen and oxygen atoms in total. The number of nitrogens with zero attached hydrogens (tertiary/aromatic N) is 2. The number of anilines is 1. The van der Waals surface area contributed by atoms with Gasteiger partial charge in [0.15, 0.2) is 0 Å². The van der Waals surface area contributed by atoms with Crippen molar-refractivity contribution in [3.63, 3.8) is 0 Å². The van der Waals surface area contributed by atoms with Gasteiger partial charge in [-0.25, -0.2) is 9.97 Å². The van der Waals surface area contributed by atoms with Crippen LogP contribution in [-0.2, 0) is 4.79 Å². The van der Waals surface area contributed by atoms with E-state index in [4.69, 9.17) is 5.73 Å². The first-order chi connectivity index (χ1) is 10.1. The number of aromatic nitrogens is 2. The Kier molecular flexibility index (Phi) is 5.00. The summed E-state index contributed by atoms with van der Waals surface area (Å²) in [5.74, 6) is 0.555. The lowest BCUT2D eigenvalue weighted by molar-refractivity contribution is -0.117. The zero-order valence-corrected chi connectivity index (χ0v) is 12.3. The first-order valence-electron chi connectivity index (χ1n) is 7.06. The molecule has 1 aromatic carbocycles. The highest BCUT2D eigenvalue weighted by Crippen LogP contribution is 2.20. The van der Waals surface area contributed by atoms with Gasteiger partial charge in [0.25, 0.3) is 0 Å². The number of hydrogen-bond donors (Lipinski definition) is 2. The number of nitrogens with one attached hydrogen (secondary N) is 1. The van der Waals surface area contributed by atoms with E-state index in [0.717, 1.165) is 23.4 Å². The highest BCUT2D eigenvalue weighted by atomic mass is 16.2. The van der Waals surface area contributed by atoms with Crippen molar-refractivity contribution in [1.29, 1.82) is 0 Å². The Balaban J connectivity index is 2.16. The van der Waals surface area contributed by atoms with Gasteiger partial charge in [0.2, 0.25) is 5.91 Å². The summed E-state index contributed by atoms with van der Waals surface area (Å²) >= 11 is 0. The minimum atomic E-state index is -0.472. The normalized spacial score (nSPS) is 12.0. The van der Waals surface area contributed by atoms with E-state index in [1.54, 1.807) is 6.20 Å². The number of rotatable bonds is 5. The Hall–Kier alpha value is -2.27.